The van der Waals surface area contributed by atoms with E-state index in [2.05, 4.69) is 228 Å². The lowest BCUT2D eigenvalue weighted by Gasteiger charge is -2.14. The average Bonchev–Trinajstić information content (AvgIpc) is 3.91. The van der Waals surface area contributed by atoms with Gasteiger partial charge in [-0.2, -0.15) is 0 Å². The minimum Gasteiger partial charge on any atom is -0.309 e. The molecule has 0 bridgehead atoms. The number of hydrogen-bond donors (Lipinski definition) is 0. The number of benzene rings is 10. The largest absolute Gasteiger partial charge is 0.309 e. The van der Waals surface area contributed by atoms with Crippen molar-refractivity contribution in [3.8, 4) is 67.8 Å². The smallest absolute Gasteiger partial charge is 0.164 e. The molecule has 0 aliphatic rings. The van der Waals surface area contributed by atoms with Crippen LogP contribution in [0.3, 0.4) is 0 Å². The maximum Gasteiger partial charge on any atom is 0.164 e. The highest BCUT2D eigenvalue weighted by atomic mass is 15.0. The summed E-state index contributed by atoms with van der Waals surface area (Å²) in [5.41, 5.74) is 14.4. The third kappa shape index (κ3) is 6.13. The highest BCUT2D eigenvalue weighted by Crippen LogP contribution is 2.41. The maximum atomic E-state index is 5.31. The Bertz CT molecular complexity index is 3980. The van der Waals surface area contributed by atoms with Crippen molar-refractivity contribution in [3.63, 3.8) is 0 Å². The zero-order valence-electron chi connectivity index (χ0n) is 35.8. The van der Waals surface area contributed by atoms with Gasteiger partial charge in [0.1, 0.15) is 0 Å². The molecular weight excluding hydrogens is 803 g/mol. The van der Waals surface area contributed by atoms with Gasteiger partial charge in [0.2, 0.25) is 0 Å². The van der Waals surface area contributed by atoms with Crippen molar-refractivity contribution in [2.24, 2.45) is 0 Å². The summed E-state index contributed by atoms with van der Waals surface area (Å²) in [6.07, 6.45) is 0. The molecule has 5 heteroatoms. The zero-order chi connectivity index (χ0) is 43.6. The van der Waals surface area contributed by atoms with Gasteiger partial charge < -0.3 is 9.13 Å². The highest BCUT2D eigenvalue weighted by molar-refractivity contribution is 6.13. The molecule has 0 amide bonds. The van der Waals surface area contributed by atoms with E-state index in [0.29, 0.717) is 17.5 Å². The van der Waals surface area contributed by atoms with E-state index in [4.69, 9.17) is 15.0 Å². The van der Waals surface area contributed by atoms with Crippen LogP contribution in [0, 0.1) is 0 Å². The van der Waals surface area contributed by atoms with Crippen LogP contribution in [0.15, 0.2) is 237 Å². The van der Waals surface area contributed by atoms with Crippen molar-refractivity contribution in [2.75, 3.05) is 0 Å². The third-order valence-electron chi connectivity index (χ3n) is 13.0. The molecular formula is C61H39N5. The molecule has 3 aromatic heterocycles. The molecule has 308 valence electrons. The van der Waals surface area contributed by atoms with Crippen LogP contribution in [-0.4, -0.2) is 24.1 Å². The molecule has 0 aliphatic carbocycles. The molecule has 5 nitrogen and oxygen atoms in total. The number of para-hydroxylation sites is 4. The van der Waals surface area contributed by atoms with Gasteiger partial charge in [-0.3, -0.25) is 0 Å². The summed E-state index contributed by atoms with van der Waals surface area (Å²) >= 11 is 0. The van der Waals surface area contributed by atoms with E-state index < -0.39 is 0 Å². The molecule has 13 aromatic rings. The lowest BCUT2D eigenvalue weighted by atomic mass is 9.94. The van der Waals surface area contributed by atoms with E-state index in [-0.39, 0.29) is 0 Å². The van der Waals surface area contributed by atoms with E-state index in [1.165, 1.54) is 38.3 Å². The minimum absolute atomic E-state index is 0.626. The molecule has 0 aliphatic heterocycles. The molecule has 0 N–H and O–H groups in total. The summed E-state index contributed by atoms with van der Waals surface area (Å²) in [6.45, 7) is 0. The molecule has 0 saturated heterocycles. The van der Waals surface area contributed by atoms with Crippen LogP contribution in [0.2, 0.25) is 0 Å². The number of hydrogen-bond acceptors (Lipinski definition) is 3. The summed E-state index contributed by atoms with van der Waals surface area (Å²) in [5.74, 6) is 1.89. The first-order valence-corrected chi connectivity index (χ1v) is 22.4. The van der Waals surface area contributed by atoms with Crippen molar-refractivity contribution in [1.82, 2.24) is 24.1 Å². The first kappa shape index (κ1) is 37.6. The molecule has 0 atom stereocenters. The van der Waals surface area contributed by atoms with Crippen molar-refractivity contribution in [3.05, 3.63) is 237 Å². The standard InChI is InChI=1S/C61H39N5/c1-4-18-40(19-5-1)46-24-10-13-31-54(46)66-56-33-15-12-26-50(56)52-38-42(34-36-58(52)66)45-27-16-29-48-47(45)28-17-30-51(48)61-63-59(41-20-6-2-7-21-41)62-60(64-61)43-35-37-57-53(39-43)49-25-11-14-32-55(49)65(57)44-22-8-3-9-23-44/h1-39H. The van der Waals surface area contributed by atoms with E-state index >= 15 is 0 Å². The van der Waals surface area contributed by atoms with Crippen molar-refractivity contribution >= 4 is 54.4 Å². The molecule has 13 rings (SSSR count). The predicted molar refractivity (Wildman–Crippen MR) is 273 cm³/mol. The first-order valence-electron chi connectivity index (χ1n) is 22.4. The lowest BCUT2D eigenvalue weighted by molar-refractivity contribution is 1.08. The SMILES string of the molecule is c1ccc(-c2nc(-c3ccc4c(c3)c3ccccc3n4-c3ccccc3)nc(-c3cccc4c(-c5ccc6c(c5)c5ccccc5n6-c5ccccc5-c5ccccc5)cccc34)n2)cc1. The Balaban J connectivity index is 0.967. The normalized spacial score (nSPS) is 11.6. The average molecular weight is 842 g/mol. The van der Waals surface area contributed by atoms with Crippen molar-refractivity contribution in [1.29, 1.82) is 0 Å². The third-order valence-corrected chi connectivity index (χ3v) is 13.0. The predicted octanol–water partition coefficient (Wildman–Crippen LogP) is 15.6. The zero-order valence-corrected chi connectivity index (χ0v) is 35.8. The van der Waals surface area contributed by atoms with Crippen LogP contribution in [0.4, 0.5) is 0 Å². The Morgan fingerprint density at radius 2 is 0.697 bits per heavy atom. The second-order valence-electron chi connectivity index (χ2n) is 16.8. The Hall–Kier alpha value is -8.93. The van der Waals surface area contributed by atoms with Crippen LogP contribution in [0.25, 0.3) is 122 Å². The van der Waals surface area contributed by atoms with Gasteiger partial charge in [0.05, 0.1) is 27.8 Å². The van der Waals surface area contributed by atoms with E-state index in [1.54, 1.807) is 0 Å². The van der Waals surface area contributed by atoms with Gasteiger partial charge in [0.15, 0.2) is 17.5 Å². The van der Waals surface area contributed by atoms with Crippen LogP contribution in [0.1, 0.15) is 0 Å². The van der Waals surface area contributed by atoms with Gasteiger partial charge >= 0.3 is 0 Å². The fourth-order valence-corrected chi connectivity index (χ4v) is 10.00. The van der Waals surface area contributed by atoms with Gasteiger partial charge in [-0.15, -0.1) is 0 Å². The fraction of sp³-hybridized carbons (Fsp3) is 0. The second kappa shape index (κ2) is 15.4. The number of fused-ring (bicyclic) bond motifs is 7. The Kier molecular flexibility index (Phi) is 8.78. The highest BCUT2D eigenvalue weighted by Gasteiger charge is 2.20. The van der Waals surface area contributed by atoms with Gasteiger partial charge in [0, 0.05) is 49.5 Å². The second-order valence-corrected chi connectivity index (χ2v) is 16.8. The first-order chi connectivity index (χ1) is 32.7. The number of nitrogens with zero attached hydrogens (tertiary/aromatic N) is 5. The molecule has 0 unspecified atom stereocenters. The molecule has 3 heterocycles. The van der Waals surface area contributed by atoms with Crippen molar-refractivity contribution in [2.45, 2.75) is 0 Å². The van der Waals surface area contributed by atoms with Gasteiger partial charge in [0.25, 0.3) is 0 Å². The maximum absolute atomic E-state index is 5.31. The summed E-state index contributed by atoms with van der Waals surface area (Å²) in [4.78, 5) is 15.7. The minimum atomic E-state index is 0.626. The topological polar surface area (TPSA) is 48.5 Å². The molecule has 10 aromatic carbocycles. The molecule has 0 fully saturated rings. The molecule has 0 spiro atoms. The molecule has 66 heavy (non-hydrogen) atoms. The summed E-state index contributed by atoms with van der Waals surface area (Å²) < 4.78 is 4.75. The molecule has 0 saturated carbocycles. The van der Waals surface area contributed by atoms with Crippen LogP contribution < -0.4 is 0 Å². The molecule has 0 radical (unpaired) electrons. The fourth-order valence-electron chi connectivity index (χ4n) is 10.00. The van der Waals surface area contributed by atoms with Gasteiger partial charge in [-0.25, -0.2) is 15.0 Å². The van der Waals surface area contributed by atoms with Gasteiger partial charge in [-0.1, -0.05) is 176 Å². The monoisotopic (exact) mass is 841 g/mol. The van der Waals surface area contributed by atoms with E-state index in [0.717, 1.165) is 66.4 Å². The van der Waals surface area contributed by atoms with Crippen molar-refractivity contribution < 1.29 is 0 Å². The lowest BCUT2D eigenvalue weighted by Crippen LogP contribution is -2.01. The van der Waals surface area contributed by atoms with Crippen LogP contribution >= 0.6 is 0 Å². The van der Waals surface area contributed by atoms with E-state index in [1.807, 2.05) is 18.2 Å². The summed E-state index contributed by atoms with van der Waals surface area (Å²) in [7, 11) is 0. The summed E-state index contributed by atoms with van der Waals surface area (Å²) in [6, 6.07) is 84.0. The Morgan fingerprint density at radius 1 is 0.242 bits per heavy atom. The Labute approximate surface area is 381 Å². The number of aromatic nitrogens is 5. The Morgan fingerprint density at radius 3 is 1.41 bits per heavy atom. The number of rotatable bonds is 7. The van der Waals surface area contributed by atoms with E-state index in [9.17, 15) is 0 Å². The summed E-state index contributed by atoms with van der Waals surface area (Å²) in [5, 5.41) is 6.95. The quantitative estimate of drug-likeness (QED) is 0.161. The van der Waals surface area contributed by atoms with Gasteiger partial charge in [-0.05, 0) is 88.1 Å². The van der Waals surface area contributed by atoms with Crippen LogP contribution in [0.5, 0.6) is 0 Å². The van der Waals surface area contributed by atoms with Crippen LogP contribution in [-0.2, 0) is 0 Å².